The van der Waals surface area contributed by atoms with Crippen molar-refractivity contribution in [3.05, 3.63) is 23.8 Å². The molecule has 0 heterocycles. The number of alkyl halides is 3. The number of carbonyl (C=O) groups excluding carboxylic acids is 2. The van der Waals surface area contributed by atoms with Gasteiger partial charge in [-0.25, -0.2) is 0 Å². The number of aromatic carboxylic acids is 1. The first-order valence-corrected chi connectivity index (χ1v) is 5.54. The molecule has 1 aromatic carbocycles. The van der Waals surface area contributed by atoms with E-state index in [1.54, 1.807) is 6.92 Å². The first-order valence-electron chi connectivity index (χ1n) is 5.54. The van der Waals surface area contributed by atoms with Crippen LogP contribution in [-0.2, 0) is 4.79 Å². The molecular formula is C12H10F3O5-. The van der Waals surface area contributed by atoms with Gasteiger partial charge in [0.2, 0.25) is 0 Å². The molecule has 0 aliphatic carbocycles. The molecule has 0 fully saturated rings. The highest BCUT2D eigenvalue weighted by atomic mass is 19.4. The minimum absolute atomic E-state index is 0.00313. The lowest BCUT2D eigenvalue weighted by molar-refractivity contribution is -0.274. The summed E-state index contributed by atoms with van der Waals surface area (Å²) >= 11 is 0. The van der Waals surface area contributed by atoms with Crippen LogP contribution in [0.1, 0.15) is 30.1 Å². The molecule has 0 saturated heterocycles. The van der Waals surface area contributed by atoms with E-state index in [4.69, 9.17) is 4.74 Å². The average Bonchev–Trinajstić information content (AvgIpc) is 2.26. The van der Waals surface area contributed by atoms with Crippen LogP contribution in [0.25, 0.3) is 0 Å². The summed E-state index contributed by atoms with van der Waals surface area (Å²) in [5, 5.41) is 10.8. The molecule has 20 heavy (non-hydrogen) atoms. The molecular weight excluding hydrogens is 281 g/mol. The summed E-state index contributed by atoms with van der Waals surface area (Å²) in [6.45, 7) is 1.68. The molecule has 8 heteroatoms. The summed E-state index contributed by atoms with van der Waals surface area (Å²) in [6, 6.07) is 2.27. The summed E-state index contributed by atoms with van der Waals surface area (Å²) in [5.74, 6) is -3.69. The summed E-state index contributed by atoms with van der Waals surface area (Å²) < 4.78 is 44.5. The first-order chi connectivity index (χ1) is 9.23. The second-order valence-corrected chi connectivity index (χ2v) is 3.72. The van der Waals surface area contributed by atoms with Gasteiger partial charge in [-0.05, 0) is 18.6 Å². The predicted octanol–water partition coefficient (Wildman–Crippen LogP) is 1.65. The van der Waals surface area contributed by atoms with Gasteiger partial charge in [-0.1, -0.05) is 6.92 Å². The normalized spacial score (nSPS) is 11.0. The summed E-state index contributed by atoms with van der Waals surface area (Å²) in [6.07, 6.45) is -4.50. The number of carbonyl (C=O) groups is 2. The Morgan fingerprint density at radius 2 is 1.95 bits per heavy atom. The molecule has 0 atom stereocenters. The minimum Gasteiger partial charge on any atom is -0.545 e. The van der Waals surface area contributed by atoms with E-state index in [9.17, 15) is 27.9 Å². The van der Waals surface area contributed by atoms with Gasteiger partial charge < -0.3 is 19.4 Å². The van der Waals surface area contributed by atoms with E-state index in [2.05, 4.69) is 4.74 Å². The van der Waals surface area contributed by atoms with E-state index in [1.165, 1.54) is 0 Å². The number of carboxylic acids is 1. The third-order valence-electron chi connectivity index (χ3n) is 2.08. The Morgan fingerprint density at radius 3 is 2.45 bits per heavy atom. The number of hydrogen-bond donors (Lipinski definition) is 0. The van der Waals surface area contributed by atoms with Crippen LogP contribution in [0.15, 0.2) is 18.2 Å². The van der Waals surface area contributed by atoms with E-state index in [0.29, 0.717) is 12.5 Å². The smallest absolute Gasteiger partial charge is 0.545 e. The predicted molar refractivity (Wildman–Crippen MR) is 58.0 cm³/mol. The molecule has 0 aliphatic rings. The van der Waals surface area contributed by atoms with Crippen molar-refractivity contribution in [3.63, 3.8) is 0 Å². The maximum atomic E-state index is 12.1. The van der Waals surface area contributed by atoms with Crippen LogP contribution in [0.4, 0.5) is 13.2 Å². The first kappa shape index (κ1) is 15.8. The molecule has 0 amide bonds. The minimum atomic E-state index is -4.94. The lowest BCUT2D eigenvalue weighted by Crippen LogP contribution is -2.24. The zero-order chi connectivity index (χ0) is 15.3. The van der Waals surface area contributed by atoms with Gasteiger partial charge in [-0.2, -0.15) is 0 Å². The van der Waals surface area contributed by atoms with Gasteiger partial charge in [-0.3, -0.25) is 4.79 Å². The quantitative estimate of drug-likeness (QED) is 0.609. The fourth-order valence-corrected chi connectivity index (χ4v) is 1.33. The third-order valence-corrected chi connectivity index (χ3v) is 2.08. The zero-order valence-corrected chi connectivity index (χ0v) is 10.3. The van der Waals surface area contributed by atoms with Gasteiger partial charge in [0.15, 0.2) is 0 Å². The second-order valence-electron chi connectivity index (χ2n) is 3.72. The molecule has 0 saturated carbocycles. The number of halogens is 3. The molecule has 110 valence electrons. The highest BCUT2D eigenvalue weighted by molar-refractivity contribution is 5.90. The van der Waals surface area contributed by atoms with E-state index in [-0.39, 0.29) is 6.42 Å². The molecule has 1 aromatic rings. The largest absolute Gasteiger partial charge is 0.573 e. The van der Waals surface area contributed by atoms with Crippen molar-refractivity contribution in [2.45, 2.75) is 26.1 Å². The monoisotopic (exact) mass is 291 g/mol. The van der Waals surface area contributed by atoms with E-state index < -0.39 is 35.4 Å². The van der Waals surface area contributed by atoms with Crippen molar-refractivity contribution in [3.8, 4) is 11.5 Å². The van der Waals surface area contributed by atoms with Crippen LogP contribution in [0, 0.1) is 0 Å². The molecule has 0 bridgehead atoms. The SMILES string of the molecule is CCCC(=O)Oc1cc(OC(F)(F)F)ccc1C(=O)[O-]. The Balaban J connectivity index is 3.06. The van der Waals surface area contributed by atoms with Crippen molar-refractivity contribution < 1.29 is 37.3 Å². The van der Waals surface area contributed by atoms with Gasteiger partial charge in [0, 0.05) is 18.1 Å². The van der Waals surface area contributed by atoms with Gasteiger partial charge >= 0.3 is 12.3 Å². The molecule has 0 aromatic heterocycles. The lowest BCUT2D eigenvalue weighted by atomic mass is 10.2. The average molecular weight is 291 g/mol. The van der Waals surface area contributed by atoms with Crippen molar-refractivity contribution in [2.75, 3.05) is 0 Å². The van der Waals surface area contributed by atoms with E-state index >= 15 is 0 Å². The molecule has 0 spiro atoms. The lowest BCUT2D eigenvalue weighted by Gasteiger charge is -2.14. The fourth-order valence-electron chi connectivity index (χ4n) is 1.33. The molecule has 0 N–H and O–H groups in total. The summed E-state index contributed by atoms with van der Waals surface area (Å²) in [5.41, 5.74) is -0.538. The highest BCUT2D eigenvalue weighted by Gasteiger charge is 2.31. The van der Waals surface area contributed by atoms with Crippen LogP contribution >= 0.6 is 0 Å². The van der Waals surface area contributed by atoms with Gasteiger partial charge in [0.25, 0.3) is 0 Å². The van der Waals surface area contributed by atoms with Crippen molar-refractivity contribution in [1.29, 1.82) is 0 Å². The molecule has 1 rings (SSSR count). The molecule has 0 aliphatic heterocycles. The van der Waals surface area contributed by atoms with Crippen LogP contribution in [0.2, 0.25) is 0 Å². The van der Waals surface area contributed by atoms with Gasteiger partial charge in [-0.15, -0.1) is 13.2 Å². The molecule has 5 nitrogen and oxygen atoms in total. The Morgan fingerprint density at radius 1 is 1.30 bits per heavy atom. The molecule has 0 unspecified atom stereocenters. The van der Waals surface area contributed by atoms with Crippen LogP contribution in [-0.4, -0.2) is 18.3 Å². The zero-order valence-electron chi connectivity index (χ0n) is 10.3. The van der Waals surface area contributed by atoms with Gasteiger partial charge in [0.1, 0.15) is 11.5 Å². The van der Waals surface area contributed by atoms with Gasteiger partial charge in [0.05, 0.1) is 5.97 Å². The van der Waals surface area contributed by atoms with Crippen molar-refractivity contribution in [1.82, 2.24) is 0 Å². The standard InChI is InChI=1S/C12H11F3O5/c1-2-3-10(16)19-9-6-7(20-12(13,14)15)4-5-8(9)11(17)18/h4-6H,2-3H2,1H3,(H,17,18)/p-1. The third kappa shape index (κ3) is 4.79. The number of benzene rings is 1. The maximum absolute atomic E-state index is 12.1. The maximum Gasteiger partial charge on any atom is 0.573 e. The number of ether oxygens (including phenoxy) is 2. The fraction of sp³-hybridized carbons (Fsp3) is 0.333. The van der Waals surface area contributed by atoms with Crippen LogP contribution in [0.5, 0.6) is 11.5 Å². The Kier molecular flexibility index (Phi) is 4.95. The Labute approximate surface area is 111 Å². The number of carboxylic acid groups (broad SMARTS) is 1. The molecule has 0 radical (unpaired) electrons. The van der Waals surface area contributed by atoms with Crippen LogP contribution in [0.3, 0.4) is 0 Å². The number of hydrogen-bond acceptors (Lipinski definition) is 5. The Bertz CT molecular complexity index is 510. The summed E-state index contributed by atoms with van der Waals surface area (Å²) in [4.78, 5) is 22.1. The van der Waals surface area contributed by atoms with Crippen LogP contribution < -0.4 is 14.6 Å². The number of rotatable bonds is 5. The Hall–Kier alpha value is -2.25. The second kappa shape index (κ2) is 6.27. The van der Waals surface area contributed by atoms with Crippen molar-refractivity contribution >= 4 is 11.9 Å². The van der Waals surface area contributed by atoms with E-state index in [1.807, 2.05) is 0 Å². The van der Waals surface area contributed by atoms with E-state index in [0.717, 1.165) is 12.1 Å². The number of esters is 1. The topological polar surface area (TPSA) is 75.7 Å². The highest BCUT2D eigenvalue weighted by Crippen LogP contribution is 2.29. The van der Waals surface area contributed by atoms with Crippen molar-refractivity contribution in [2.24, 2.45) is 0 Å². The summed E-state index contributed by atoms with van der Waals surface area (Å²) in [7, 11) is 0.